The molecule has 0 spiro atoms. The quantitative estimate of drug-likeness (QED) is 0.555. The first-order valence-electron chi connectivity index (χ1n) is 9.65. The first-order valence-corrected chi connectivity index (χ1v) is 9.65. The van der Waals surface area contributed by atoms with Gasteiger partial charge in [-0.1, -0.05) is 51.1 Å². The summed E-state index contributed by atoms with van der Waals surface area (Å²) in [7, 11) is 0. The van der Waals surface area contributed by atoms with Crippen LogP contribution in [0.3, 0.4) is 0 Å². The first-order chi connectivity index (χ1) is 12.4. The second-order valence-corrected chi connectivity index (χ2v) is 8.46. The van der Waals surface area contributed by atoms with Crippen LogP contribution in [-0.2, 0) is 19.4 Å². The van der Waals surface area contributed by atoms with Gasteiger partial charge in [0.1, 0.15) is 0 Å². The lowest BCUT2D eigenvalue weighted by Gasteiger charge is -2.14. The number of rotatable bonds is 4. The van der Waals surface area contributed by atoms with Gasteiger partial charge < -0.3 is 4.57 Å². The molecule has 0 N–H and O–H groups in total. The van der Waals surface area contributed by atoms with Crippen LogP contribution in [0.1, 0.15) is 59.9 Å². The summed E-state index contributed by atoms with van der Waals surface area (Å²) in [6.45, 7) is 9.81. The Balaban J connectivity index is 1.82. The minimum absolute atomic E-state index is 0.154. The van der Waals surface area contributed by atoms with Crippen molar-refractivity contribution >= 4 is 16.7 Å². The van der Waals surface area contributed by atoms with Gasteiger partial charge in [-0.2, -0.15) is 0 Å². The summed E-state index contributed by atoms with van der Waals surface area (Å²) in [6.07, 6.45) is 3.22. The van der Waals surface area contributed by atoms with E-state index in [9.17, 15) is 4.79 Å². The molecule has 3 aromatic rings. The number of aromatic nitrogens is 1. The van der Waals surface area contributed by atoms with Crippen molar-refractivity contribution in [2.45, 2.75) is 53.5 Å². The molecule has 0 amide bonds. The van der Waals surface area contributed by atoms with Crippen molar-refractivity contribution in [2.24, 2.45) is 5.41 Å². The predicted molar refractivity (Wildman–Crippen MR) is 108 cm³/mol. The molecule has 0 fully saturated rings. The second kappa shape index (κ2) is 6.12. The smallest absolute Gasteiger partial charge is 0.195 e. The summed E-state index contributed by atoms with van der Waals surface area (Å²) in [5.74, 6) is 0.154. The van der Waals surface area contributed by atoms with Crippen LogP contribution < -0.4 is 0 Å². The summed E-state index contributed by atoms with van der Waals surface area (Å²) in [5, 5.41) is 1.07. The summed E-state index contributed by atoms with van der Waals surface area (Å²) >= 11 is 0. The minimum Gasteiger partial charge on any atom is -0.344 e. The molecule has 0 aliphatic heterocycles. The zero-order chi connectivity index (χ0) is 18.5. The highest BCUT2D eigenvalue weighted by Gasteiger charge is 2.29. The lowest BCUT2D eigenvalue weighted by atomic mass is 9.90. The Morgan fingerprint density at radius 2 is 1.81 bits per heavy atom. The number of hydrogen-bond donors (Lipinski definition) is 0. The zero-order valence-electron chi connectivity index (χ0n) is 16.2. The largest absolute Gasteiger partial charge is 0.344 e. The highest BCUT2D eigenvalue weighted by atomic mass is 16.1. The maximum absolute atomic E-state index is 13.4. The number of nitrogens with zero attached hydrogens (tertiary/aromatic N) is 1. The molecule has 0 bridgehead atoms. The number of benzene rings is 2. The number of fused-ring (bicyclic) bond motifs is 2. The van der Waals surface area contributed by atoms with E-state index in [-0.39, 0.29) is 5.78 Å². The molecule has 0 unspecified atom stereocenters. The van der Waals surface area contributed by atoms with Crippen molar-refractivity contribution in [1.29, 1.82) is 0 Å². The Kier molecular flexibility index (Phi) is 4.02. The Labute approximate surface area is 155 Å². The van der Waals surface area contributed by atoms with Crippen molar-refractivity contribution in [3.63, 3.8) is 0 Å². The summed E-state index contributed by atoms with van der Waals surface area (Å²) in [5.41, 5.74) is 6.98. The van der Waals surface area contributed by atoms with Gasteiger partial charge in [-0.05, 0) is 54.9 Å². The second-order valence-electron chi connectivity index (χ2n) is 8.46. The van der Waals surface area contributed by atoms with E-state index in [1.54, 1.807) is 0 Å². The number of para-hydroxylation sites is 1. The summed E-state index contributed by atoms with van der Waals surface area (Å²) in [6, 6.07) is 14.6. The van der Waals surface area contributed by atoms with Gasteiger partial charge in [0.25, 0.3) is 0 Å². The SMILES string of the molecule is CCCn1c(C)c(C(=O)c2ccc3c(c2)CC(C)(C)C3)c2ccccc21. The van der Waals surface area contributed by atoms with Gasteiger partial charge in [-0.15, -0.1) is 0 Å². The van der Waals surface area contributed by atoms with Crippen molar-refractivity contribution in [3.05, 3.63) is 70.4 Å². The van der Waals surface area contributed by atoms with E-state index >= 15 is 0 Å². The Morgan fingerprint density at radius 1 is 1.08 bits per heavy atom. The Bertz CT molecular complexity index is 1010. The van der Waals surface area contributed by atoms with Gasteiger partial charge in [-0.3, -0.25) is 4.79 Å². The molecule has 1 aliphatic carbocycles. The van der Waals surface area contributed by atoms with E-state index in [1.807, 2.05) is 12.1 Å². The molecule has 1 aliphatic rings. The molecule has 26 heavy (non-hydrogen) atoms. The third kappa shape index (κ3) is 2.68. The van der Waals surface area contributed by atoms with Crippen molar-refractivity contribution in [2.75, 3.05) is 0 Å². The number of hydrogen-bond acceptors (Lipinski definition) is 1. The molecule has 134 valence electrons. The summed E-state index contributed by atoms with van der Waals surface area (Å²) in [4.78, 5) is 13.4. The van der Waals surface area contributed by atoms with Gasteiger partial charge in [-0.25, -0.2) is 0 Å². The normalized spacial score (nSPS) is 15.4. The van der Waals surface area contributed by atoms with Crippen LogP contribution in [0.25, 0.3) is 10.9 Å². The third-order valence-corrected chi connectivity index (χ3v) is 5.71. The van der Waals surface area contributed by atoms with Crippen LogP contribution in [-0.4, -0.2) is 10.4 Å². The van der Waals surface area contributed by atoms with Gasteiger partial charge in [0, 0.05) is 28.7 Å². The van der Waals surface area contributed by atoms with E-state index in [2.05, 4.69) is 62.6 Å². The maximum Gasteiger partial charge on any atom is 0.195 e. The fourth-order valence-electron chi connectivity index (χ4n) is 4.57. The zero-order valence-corrected chi connectivity index (χ0v) is 16.2. The third-order valence-electron chi connectivity index (χ3n) is 5.71. The van der Waals surface area contributed by atoms with Gasteiger partial charge >= 0.3 is 0 Å². The molecular formula is C24H27NO. The van der Waals surface area contributed by atoms with E-state index in [1.165, 1.54) is 11.1 Å². The number of carbonyl (C=O) groups is 1. The monoisotopic (exact) mass is 345 g/mol. The van der Waals surface area contributed by atoms with E-state index in [0.717, 1.165) is 53.5 Å². The van der Waals surface area contributed by atoms with Crippen molar-refractivity contribution in [1.82, 2.24) is 4.57 Å². The average Bonchev–Trinajstić information content (AvgIpc) is 3.06. The first kappa shape index (κ1) is 17.1. The molecule has 1 aromatic heterocycles. The van der Waals surface area contributed by atoms with Crippen molar-refractivity contribution < 1.29 is 4.79 Å². The van der Waals surface area contributed by atoms with Crippen LogP contribution in [0, 0.1) is 12.3 Å². The molecule has 0 radical (unpaired) electrons. The lowest BCUT2D eigenvalue weighted by molar-refractivity contribution is 0.103. The molecular weight excluding hydrogens is 318 g/mol. The Hall–Kier alpha value is -2.35. The van der Waals surface area contributed by atoms with E-state index in [4.69, 9.17) is 0 Å². The number of ketones is 1. The minimum atomic E-state index is 0.154. The van der Waals surface area contributed by atoms with Crippen LogP contribution in [0.5, 0.6) is 0 Å². The Morgan fingerprint density at radius 3 is 2.58 bits per heavy atom. The molecule has 0 saturated heterocycles. The molecule has 1 heterocycles. The standard InChI is InChI=1S/C24H27NO/c1-5-12-25-16(2)22(20-8-6-7-9-21(20)25)23(26)17-10-11-18-14-24(3,4)15-19(18)13-17/h6-11,13H,5,12,14-15H2,1-4H3. The highest BCUT2D eigenvalue weighted by molar-refractivity contribution is 6.17. The average molecular weight is 345 g/mol. The molecule has 2 nitrogen and oxygen atoms in total. The van der Waals surface area contributed by atoms with E-state index < -0.39 is 0 Å². The highest BCUT2D eigenvalue weighted by Crippen LogP contribution is 2.37. The van der Waals surface area contributed by atoms with Crippen LogP contribution in [0.4, 0.5) is 0 Å². The fraction of sp³-hybridized carbons (Fsp3) is 0.375. The van der Waals surface area contributed by atoms with E-state index in [0.29, 0.717) is 5.41 Å². The topological polar surface area (TPSA) is 22.0 Å². The van der Waals surface area contributed by atoms with Crippen molar-refractivity contribution in [3.8, 4) is 0 Å². The molecule has 2 aromatic carbocycles. The van der Waals surface area contributed by atoms with Crippen LogP contribution in [0.15, 0.2) is 42.5 Å². The lowest BCUT2D eigenvalue weighted by Crippen LogP contribution is -2.09. The van der Waals surface area contributed by atoms with Gasteiger partial charge in [0.15, 0.2) is 5.78 Å². The molecule has 4 rings (SSSR count). The summed E-state index contributed by atoms with van der Waals surface area (Å²) < 4.78 is 2.29. The molecule has 0 atom stereocenters. The van der Waals surface area contributed by atoms with Crippen LogP contribution >= 0.6 is 0 Å². The molecule has 2 heteroatoms. The fourth-order valence-corrected chi connectivity index (χ4v) is 4.57. The number of aryl methyl sites for hydroxylation is 1. The van der Waals surface area contributed by atoms with Crippen LogP contribution in [0.2, 0.25) is 0 Å². The molecule has 0 saturated carbocycles. The van der Waals surface area contributed by atoms with Gasteiger partial charge in [0.05, 0.1) is 5.56 Å². The number of carbonyl (C=O) groups excluding carboxylic acids is 1. The predicted octanol–water partition coefficient (Wildman–Crippen LogP) is 5.72. The maximum atomic E-state index is 13.4. The van der Waals surface area contributed by atoms with Gasteiger partial charge in [0.2, 0.25) is 0 Å².